The Morgan fingerprint density at radius 3 is 2.42 bits per heavy atom. The van der Waals surface area contributed by atoms with E-state index in [0.29, 0.717) is 6.61 Å². The van der Waals surface area contributed by atoms with Crippen molar-refractivity contribution in [2.45, 2.75) is 20.1 Å². The maximum atomic E-state index is 6.00. The molecule has 0 saturated heterocycles. The summed E-state index contributed by atoms with van der Waals surface area (Å²) in [5.41, 5.74) is 4.62. The maximum Gasteiger partial charge on any atom is 0.120 e. The highest BCUT2D eigenvalue weighted by atomic mass is 35.5. The van der Waals surface area contributed by atoms with Crippen LogP contribution in [0, 0.1) is 6.92 Å². The molecule has 0 amide bonds. The zero-order valence-electron chi connectivity index (χ0n) is 13.6. The molecule has 0 bridgehead atoms. The Morgan fingerprint density at radius 2 is 1.62 bits per heavy atom. The van der Waals surface area contributed by atoms with Crippen molar-refractivity contribution in [3.05, 3.63) is 94.5 Å². The molecule has 3 aromatic carbocycles. The molecule has 1 N–H and O–H groups in total. The van der Waals surface area contributed by atoms with Crippen molar-refractivity contribution >= 4 is 17.3 Å². The van der Waals surface area contributed by atoms with Crippen LogP contribution in [0.25, 0.3) is 0 Å². The molecule has 2 nitrogen and oxygen atoms in total. The molecule has 0 aromatic heterocycles. The fourth-order valence-electron chi connectivity index (χ4n) is 2.41. The van der Waals surface area contributed by atoms with Crippen LogP contribution in [0.2, 0.25) is 5.02 Å². The van der Waals surface area contributed by atoms with Crippen molar-refractivity contribution < 1.29 is 4.74 Å². The highest BCUT2D eigenvalue weighted by Gasteiger charge is 2.00. The van der Waals surface area contributed by atoms with Gasteiger partial charge in [-0.1, -0.05) is 53.6 Å². The Balaban J connectivity index is 1.58. The van der Waals surface area contributed by atoms with Crippen molar-refractivity contribution in [3.8, 4) is 5.75 Å². The number of hydrogen-bond donors (Lipinski definition) is 1. The van der Waals surface area contributed by atoms with E-state index >= 15 is 0 Å². The standard InChI is InChI=1S/C21H20ClNO/c1-16-8-10-20(11-9-16)23-14-17-4-3-7-21(13-17)24-15-18-5-2-6-19(22)12-18/h2-13,23H,14-15H2,1H3. The van der Waals surface area contributed by atoms with Crippen LogP contribution in [0.5, 0.6) is 5.75 Å². The molecule has 24 heavy (non-hydrogen) atoms. The molecule has 0 aliphatic rings. The Hall–Kier alpha value is -2.45. The van der Waals surface area contributed by atoms with E-state index in [1.165, 1.54) is 11.1 Å². The average molecular weight is 338 g/mol. The van der Waals surface area contributed by atoms with E-state index in [9.17, 15) is 0 Å². The Kier molecular flexibility index (Phi) is 5.39. The first-order valence-electron chi connectivity index (χ1n) is 7.96. The normalized spacial score (nSPS) is 10.4. The van der Waals surface area contributed by atoms with Gasteiger partial charge < -0.3 is 10.1 Å². The van der Waals surface area contributed by atoms with Crippen molar-refractivity contribution in [1.29, 1.82) is 0 Å². The van der Waals surface area contributed by atoms with Gasteiger partial charge in [0, 0.05) is 17.3 Å². The van der Waals surface area contributed by atoms with Gasteiger partial charge in [0.05, 0.1) is 0 Å². The Bertz CT molecular complexity index is 799. The minimum Gasteiger partial charge on any atom is -0.489 e. The summed E-state index contributed by atoms with van der Waals surface area (Å²) < 4.78 is 5.87. The van der Waals surface area contributed by atoms with E-state index in [2.05, 4.69) is 48.6 Å². The predicted octanol–water partition coefficient (Wildman–Crippen LogP) is 5.84. The molecule has 0 radical (unpaired) electrons. The summed E-state index contributed by atoms with van der Waals surface area (Å²) in [6.07, 6.45) is 0. The molecule has 0 aliphatic carbocycles. The second-order valence-corrected chi connectivity index (χ2v) is 6.22. The summed E-state index contributed by atoms with van der Waals surface area (Å²) in [7, 11) is 0. The van der Waals surface area contributed by atoms with Gasteiger partial charge in [0.15, 0.2) is 0 Å². The monoisotopic (exact) mass is 337 g/mol. The molecule has 3 aromatic rings. The van der Waals surface area contributed by atoms with Crippen LogP contribution in [0.4, 0.5) is 5.69 Å². The lowest BCUT2D eigenvalue weighted by atomic mass is 10.2. The summed E-state index contributed by atoms with van der Waals surface area (Å²) in [5.74, 6) is 0.859. The van der Waals surface area contributed by atoms with Crippen molar-refractivity contribution in [2.24, 2.45) is 0 Å². The molecule has 0 fully saturated rings. The van der Waals surface area contributed by atoms with Gasteiger partial charge in [0.2, 0.25) is 0 Å². The number of anilines is 1. The minimum atomic E-state index is 0.509. The van der Waals surface area contributed by atoms with Gasteiger partial charge >= 0.3 is 0 Å². The summed E-state index contributed by atoms with van der Waals surface area (Å²) in [4.78, 5) is 0. The smallest absolute Gasteiger partial charge is 0.120 e. The van der Waals surface area contributed by atoms with Crippen LogP contribution >= 0.6 is 11.6 Å². The second kappa shape index (κ2) is 7.89. The molecule has 3 rings (SSSR count). The number of nitrogens with one attached hydrogen (secondary N) is 1. The maximum absolute atomic E-state index is 6.00. The minimum absolute atomic E-state index is 0.509. The SMILES string of the molecule is Cc1ccc(NCc2cccc(OCc3cccc(Cl)c3)c2)cc1. The number of aryl methyl sites for hydroxylation is 1. The van der Waals surface area contributed by atoms with E-state index in [4.69, 9.17) is 16.3 Å². The third kappa shape index (κ3) is 4.77. The van der Waals surface area contributed by atoms with Gasteiger partial charge in [0.25, 0.3) is 0 Å². The van der Waals surface area contributed by atoms with Crippen molar-refractivity contribution in [1.82, 2.24) is 0 Å². The van der Waals surface area contributed by atoms with Gasteiger partial charge in [-0.3, -0.25) is 0 Å². The second-order valence-electron chi connectivity index (χ2n) is 5.79. The lowest BCUT2D eigenvalue weighted by Gasteiger charge is -2.10. The molecular formula is C21H20ClNO. The first kappa shape index (κ1) is 16.4. The van der Waals surface area contributed by atoms with Crippen LogP contribution in [-0.4, -0.2) is 0 Å². The number of halogens is 1. The van der Waals surface area contributed by atoms with E-state index in [1.807, 2.05) is 36.4 Å². The lowest BCUT2D eigenvalue weighted by Crippen LogP contribution is -2.00. The molecule has 0 unspecified atom stereocenters. The van der Waals surface area contributed by atoms with Crippen LogP contribution < -0.4 is 10.1 Å². The summed E-state index contributed by atoms with van der Waals surface area (Å²) in [6.45, 7) is 3.36. The van der Waals surface area contributed by atoms with Crippen LogP contribution in [-0.2, 0) is 13.2 Å². The van der Waals surface area contributed by atoms with E-state index in [0.717, 1.165) is 28.6 Å². The molecular weight excluding hydrogens is 318 g/mol. The van der Waals surface area contributed by atoms with Crippen molar-refractivity contribution in [3.63, 3.8) is 0 Å². The highest BCUT2D eigenvalue weighted by Crippen LogP contribution is 2.18. The van der Waals surface area contributed by atoms with Gasteiger partial charge in [-0.2, -0.15) is 0 Å². The van der Waals surface area contributed by atoms with Crippen molar-refractivity contribution in [2.75, 3.05) is 5.32 Å². The van der Waals surface area contributed by atoms with E-state index < -0.39 is 0 Å². The molecule has 0 saturated carbocycles. The molecule has 0 aliphatic heterocycles. The number of benzene rings is 3. The third-order valence-electron chi connectivity index (χ3n) is 3.74. The summed E-state index contributed by atoms with van der Waals surface area (Å²) in [5, 5.41) is 4.15. The average Bonchev–Trinajstić information content (AvgIpc) is 2.60. The van der Waals surface area contributed by atoms with Crippen LogP contribution in [0.3, 0.4) is 0 Å². The molecule has 122 valence electrons. The number of rotatable bonds is 6. The molecule has 0 spiro atoms. The summed E-state index contributed by atoms with van der Waals surface area (Å²) in [6, 6.07) is 24.3. The third-order valence-corrected chi connectivity index (χ3v) is 3.98. The van der Waals surface area contributed by atoms with Gasteiger partial charge in [-0.05, 0) is 54.4 Å². The molecule has 0 heterocycles. The van der Waals surface area contributed by atoms with Gasteiger partial charge in [-0.15, -0.1) is 0 Å². The van der Waals surface area contributed by atoms with E-state index in [1.54, 1.807) is 0 Å². The fourth-order valence-corrected chi connectivity index (χ4v) is 2.63. The van der Waals surface area contributed by atoms with E-state index in [-0.39, 0.29) is 0 Å². The largest absolute Gasteiger partial charge is 0.489 e. The quantitative estimate of drug-likeness (QED) is 0.610. The topological polar surface area (TPSA) is 21.3 Å². The van der Waals surface area contributed by atoms with Crippen LogP contribution in [0.15, 0.2) is 72.8 Å². The Morgan fingerprint density at radius 1 is 0.875 bits per heavy atom. The van der Waals surface area contributed by atoms with Gasteiger partial charge in [0.1, 0.15) is 12.4 Å². The molecule has 3 heteroatoms. The van der Waals surface area contributed by atoms with Crippen LogP contribution in [0.1, 0.15) is 16.7 Å². The molecule has 0 atom stereocenters. The van der Waals surface area contributed by atoms with Gasteiger partial charge in [-0.25, -0.2) is 0 Å². The summed E-state index contributed by atoms with van der Waals surface area (Å²) >= 11 is 6.00. The number of ether oxygens (including phenoxy) is 1. The zero-order chi connectivity index (χ0) is 16.8. The zero-order valence-corrected chi connectivity index (χ0v) is 14.4. The number of hydrogen-bond acceptors (Lipinski definition) is 2. The first-order valence-corrected chi connectivity index (χ1v) is 8.33. The first-order chi connectivity index (χ1) is 11.7. The predicted molar refractivity (Wildman–Crippen MR) is 101 cm³/mol. The highest BCUT2D eigenvalue weighted by molar-refractivity contribution is 6.30. The Labute approximate surface area is 148 Å². The fraction of sp³-hybridized carbons (Fsp3) is 0.143. The lowest BCUT2D eigenvalue weighted by molar-refractivity contribution is 0.306.